The van der Waals surface area contributed by atoms with Crippen molar-refractivity contribution in [3.63, 3.8) is 0 Å². The summed E-state index contributed by atoms with van der Waals surface area (Å²) in [5.41, 5.74) is 7.18. The van der Waals surface area contributed by atoms with E-state index in [0.717, 1.165) is 38.9 Å². The van der Waals surface area contributed by atoms with E-state index < -0.39 is 12.1 Å². The smallest absolute Gasteiger partial charge is 0.311 e. The number of nitrogens with one attached hydrogen (secondary N) is 1. The molecule has 4 aliphatic heterocycles. The molecule has 0 saturated carbocycles. The van der Waals surface area contributed by atoms with E-state index in [1.165, 1.54) is 0 Å². The summed E-state index contributed by atoms with van der Waals surface area (Å²) < 4.78 is 18.1. The molecule has 10 nitrogen and oxygen atoms in total. The van der Waals surface area contributed by atoms with Gasteiger partial charge in [0.2, 0.25) is 12.7 Å². The van der Waals surface area contributed by atoms with Crippen molar-refractivity contribution in [3.8, 4) is 29.1 Å². The van der Waals surface area contributed by atoms with E-state index in [4.69, 9.17) is 14.2 Å². The largest absolute Gasteiger partial charge is 0.507 e. The highest BCUT2D eigenvalue weighted by Crippen LogP contribution is 2.57. The maximum absolute atomic E-state index is 13.4. The molecule has 2 bridgehead atoms. The van der Waals surface area contributed by atoms with E-state index in [1.807, 2.05) is 65.1 Å². The van der Waals surface area contributed by atoms with Crippen LogP contribution in [-0.4, -0.2) is 65.3 Å². The van der Waals surface area contributed by atoms with Crippen molar-refractivity contribution in [1.82, 2.24) is 15.1 Å². The number of likely N-dealkylation sites (N-methyl/N-ethyl adjacent to an activating group) is 1. The Bertz CT molecular complexity index is 1850. The van der Waals surface area contributed by atoms with E-state index in [-0.39, 0.29) is 49.1 Å². The number of ether oxygens (including phenoxy) is 3. The first-order valence-electron chi connectivity index (χ1n) is 17.3. The van der Waals surface area contributed by atoms with Crippen LogP contribution in [0.4, 0.5) is 0 Å². The molecule has 7 rings (SSSR count). The number of aryl methyl sites for hydroxylation is 2. The number of phenolic OH excluding ortho intramolecular Hbond substituents is 1. The fourth-order valence-corrected chi connectivity index (χ4v) is 8.59. The fraction of sp³-hybridized carbons (Fsp3) is 0.462. The number of nitrogens with zero attached hydrogens (tertiary/aromatic N) is 3. The average Bonchev–Trinajstić information content (AvgIpc) is 3.58. The Kier molecular flexibility index (Phi) is 8.76. The minimum Gasteiger partial charge on any atom is -0.507 e. The van der Waals surface area contributed by atoms with Crippen LogP contribution >= 0.6 is 0 Å². The summed E-state index contributed by atoms with van der Waals surface area (Å²) in [4.78, 5) is 30.9. The molecule has 0 radical (unpaired) electrons. The second-order valence-electron chi connectivity index (χ2n) is 13.9. The van der Waals surface area contributed by atoms with Gasteiger partial charge in [0.25, 0.3) is 0 Å². The lowest BCUT2D eigenvalue weighted by molar-refractivity contribution is -0.134. The first-order valence-corrected chi connectivity index (χ1v) is 17.3. The molecule has 3 aromatic carbocycles. The lowest BCUT2D eigenvalue weighted by Crippen LogP contribution is -2.68. The number of carbonyl (C=O) groups is 2. The average molecular weight is 665 g/mol. The second-order valence-corrected chi connectivity index (χ2v) is 13.9. The number of rotatable bonds is 8. The summed E-state index contributed by atoms with van der Waals surface area (Å²) in [6.07, 6.45) is 2.95. The second kappa shape index (κ2) is 13.0. The molecule has 256 valence electrons. The van der Waals surface area contributed by atoms with Crippen molar-refractivity contribution >= 4 is 11.9 Å². The Morgan fingerprint density at radius 3 is 2.53 bits per heavy atom. The van der Waals surface area contributed by atoms with Crippen LogP contribution in [0.15, 0.2) is 36.4 Å². The Morgan fingerprint density at radius 1 is 1.04 bits per heavy atom. The minimum atomic E-state index is -0.534. The standard InChI is InChI=1S/C39H44N4O6/c1-6-10-32(45)49-37-22(3)21(2)15-25-16-27-29(18-40)43-28(35(33(25)37)42(27)5)17-26-34(39-38(47-20-48-39)23(4)36(26)46)30(43)19-41-31(44)14-13-24-11-8-7-9-12-24/h7-9,11-12,15,27-30,35,46H,6,10,13-14,16-17,19-20H2,1-5H3,(H,41,44)/t27-,28?,29+,30+,35+/m1/s1. The molecule has 4 heterocycles. The molecule has 0 aliphatic carbocycles. The molecule has 1 amide bonds. The lowest BCUT2D eigenvalue weighted by Gasteiger charge is -2.60. The van der Waals surface area contributed by atoms with Gasteiger partial charge in [0.1, 0.15) is 17.5 Å². The molecule has 49 heavy (non-hydrogen) atoms. The third kappa shape index (κ3) is 5.49. The van der Waals surface area contributed by atoms with Gasteiger partial charge in [-0.25, -0.2) is 0 Å². The number of carbonyl (C=O) groups excluding carboxylic acids is 2. The van der Waals surface area contributed by atoms with E-state index in [9.17, 15) is 20.0 Å². The molecule has 2 N–H and O–H groups in total. The summed E-state index contributed by atoms with van der Waals surface area (Å²) in [6, 6.07) is 13.0. The first kappa shape index (κ1) is 32.9. The number of hydrogen-bond acceptors (Lipinski definition) is 9. The van der Waals surface area contributed by atoms with E-state index >= 15 is 0 Å². The number of nitriles is 1. The lowest BCUT2D eigenvalue weighted by atomic mass is 9.71. The first-order chi connectivity index (χ1) is 23.6. The third-order valence-electron chi connectivity index (χ3n) is 11.1. The zero-order valence-electron chi connectivity index (χ0n) is 28.8. The predicted molar refractivity (Wildman–Crippen MR) is 183 cm³/mol. The zero-order valence-corrected chi connectivity index (χ0v) is 28.8. The highest BCUT2D eigenvalue weighted by Gasteiger charge is 2.56. The maximum Gasteiger partial charge on any atom is 0.311 e. The molecule has 0 aromatic heterocycles. The molecule has 4 aliphatic rings. The van der Waals surface area contributed by atoms with Crippen LogP contribution in [0.2, 0.25) is 0 Å². The number of fused-ring (bicyclic) bond motifs is 9. The Hall–Kier alpha value is -4.59. The van der Waals surface area contributed by atoms with Crippen LogP contribution in [-0.2, 0) is 28.9 Å². The van der Waals surface area contributed by atoms with Gasteiger partial charge in [-0.3, -0.25) is 19.4 Å². The van der Waals surface area contributed by atoms with Crippen LogP contribution in [0.3, 0.4) is 0 Å². The Labute approximate surface area is 287 Å². The van der Waals surface area contributed by atoms with Crippen molar-refractivity contribution in [3.05, 3.63) is 80.9 Å². The number of esters is 1. The number of aromatic hydroxyl groups is 1. The highest BCUT2D eigenvalue weighted by molar-refractivity contribution is 5.76. The van der Waals surface area contributed by atoms with Crippen LogP contribution in [0, 0.1) is 32.1 Å². The van der Waals surface area contributed by atoms with Crippen molar-refractivity contribution in [2.45, 2.75) is 96.4 Å². The normalized spacial score (nSPS) is 23.6. The summed E-state index contributed by atoms with van der Waals surface area (Å²) >= 11 is 0. The van der Waals surface area contributed by atoms with Gasteiger partial charge in [-0.2, -0.15) is 5.26 Å². The highest BCUT2D eigenvalue weighted by atomic mass is 16.7. The van der Waals surface area contributed by atoms with Crippen molar-refractivity contribution in [2.75, 3.05) is 20.4 Å². The molecule has 3 aromatic rings. The number of piperazine rings is 1. The van der Waals surface area contributed by atoms with Gasteiger partial charge in [-0.05, 0) is 75.8 Å². The Balaban J connectivity index is 1.34. The fourth-order valence-electron chi connectivity index (χ4n) is 8.59. The van der Waals surface area contributed by atoms with Crippen LogP contribution in [0.25, 0.3) is 0 Å². The van der Waals surface area contributed by atoms with Crippen molar-refractivity contribution in [2.24, 2.45) is 0 Å². The molecule has 0 spiro atoms. The zero-order chi connectivity index (χ0) is 34.6. The number of benzene rings is 3. The number of hydrogen-bond donors (Lipinski definition) is 2. The van der Waals surface area contributed by atoms with Crippen LogP contribution < -0.4 is 19.5 Å². The Morgan fingerprint density at radius 2 is 1.80 bits per heavy atom. The molecular formula is C39H44N4O6. The van der Waals surface area contributed by atoms with Gasteiger partial charge < -0.3 is 24.6 Å². The summed E-state index contributed by atoms with van der Waals surface area (Å²) in [6.45, 7) is 8.05. The molecule has 1 saturated heterocycles. The summed E-state index contributed by atoms with van der Waals surface area (Å²) in [7, 11) is 2.05. The topological polar surface area (TPSA) is 124 Å². The van der Waals surface area contributed by atoms with E-state index in [0.29, 0.717) is 61.3 Å². The quantitative estimate of drug-likeness (QED) is 0.245. The van der Waals surface area contributed by atoms with Crippen LogP contribution in [0.1, 0.15) is 82.8 Å². The van der Waals surface area contributed by atoms with Gasteiger partial charge >= 0.3 is 5.97 Å². The molecule has 5 atom stereocenters. The SMILES string of the molecule is CCCC(=O)Oc1c(C)c(C)cc2c1[C@@H]1C3Cc4c(O)c(C)c5c(c4[C@H](CNC(=O)CCc4ccccc4)N3[C@@H](C#N)[C@@H](C2)N1C)OCO5. The molecule has 10 heteroatoms. The van der Waals surface area contributed by atoms with E-state index in [1.54, 1.807) is 0 Å². The van der Waals surface area contributed by atoms with Gasteiger partial charge in [-0.1, -0.05) is 43.3 Å². The molecule has 1 unspecified atom stereocenters. The van der Waals surface area contributed by atoms with Gasteiger partial charge in [0.05, 0.1) is 18.2 Å². The minimum absolute atomic E-state index is 0.0276. The molecule has 1 fully saturated rings. The third-order valence-corrected chi connectivity index (χ3v) is 11.1. The van der Waals surface area contributed by atoms with E-state index in [2.05, 4.69) is 27.3 Å². The maximum atomic E-state index is 13.4. The monoisotopic (exact) mass is 664 g/mol. The van der Waals surface area contributed by atoms with Gasteiger partial charge in [0.15, 0.2) is 11.5 Å². The van der Waals surface area contributed by atoms with Crippen molar-refractivity contribution < 1.29 is 28.9 Å². The molecular weight excluding hydrogens is 620 g/mol. The number of phenols is 1. The summed E-state index contributed by atoms with van der Waals surface area (Å²) in [5, 5.41) is 25.8. The summed E-state index contributed by atoms with van der Waals surface area (Å²) in [5.74, 6) is 1.44. The predicted octanol–water partition coefficient (Wildman–Crippen LogP) is 5.27. The van der Waals surface area contributed by atoms with Crippen molar-refractivity contribution in [1.29, 1.82) is 5.26 Å². The van der Waals surface area contributed by atoms with Gasteiger partial charge in [0, 0.05) is 53.7 Å². The number of amides is 1. The van der Waals surface area contributed by atoms with Crippen LogP contribution in [0.5, 0.6) is 23.0 Å². The van der Waals surface area contributed by atoms with Gasteiger partial charge in [-0.15, -0.1) is 0 Å².